The molecule has 0 aliphatic carbocycles. The maximum Gasteiger partial charge on any atom is 0.328 e. The third kappa shape index (κ3) is 2.38. The molecule has 0 amide bonds. The molecule has 0 bridgehead atoms. The summed E-state index contributed by atoms with van der Waals surface area (Å²) in [5.41, 5.74) is 2.43. The molecule has 5 heteroatoms. The molecule has 106 valence electrons. The summed E-state index contributed by atoms with van der Waals surface area (Å²) >= 11 is 6.08. The van der Waals surface area contributed by atoms with E-state index in [0.29, 0.717) is 5.02 Å². The molecule has 0 saturated carbocycles. The van der Waals surface area contributed by atoms with Crippen LogP contribution in [0.4, 0.5) is 0 Å². The van der Waals surface area contributed by atoms with Crippen LogP contribution in [0.2, 0.25) is 5.02 Å². The number of carboxylic acids is 1. The molecule has 0 aliphatic rings. The molecule has 21 heavy (non-hydrogen) atoms. The normalized spacial score (nSPS) is 12.5. The van der Waals surface area contributed by atoms with Crippen LogP contribution in [0.3, 0.4) is 0 Å². The summed E-state index contributed by atoms with van der Waals surface area (Å²) in [7, 11) is 0. The number of benzene rings is 2. The molecule has 1 N–H and O–H groups in total. The van der Waals surface area contributed by atoms with Crippen molar-refractivity contribution in [3.8, 4) is 11.3 Å². The minimum Gasteiger partial charge on any atom is -0.480 e. The van der Waals surface area contributed by atoms with Gasteiger partial charge >= 0.3 is 5.97 Å². The van der Waals surface area contributed by atoms with Crippen molar-refractivity contribution in [1.29, 1.82) is 0 Å². The van der Waals surface area contributed by atoms with Crippen LogP contribution in [-0.4, -0.2) is 20.9 Å². The monoisotopic (exact) mass is 300 g/mol. The number of fused-ring (bicyclic) bond motifs is 1. The number of rotatable bonds is 3. The second-order valence-electron chi connectivity index (χ2n) is 4.83. The van der Waals surface area contributed by atoms with E-state index < -0.39 is 12.0 Å². The average Bonchev–Trinajstić information content (AvgIpc) is 2.85. The lowest BCUT2D eigenvalue weighted by Gasteiger charge is -2.07. The summed E-state index contributed by atoms with van der Waals surface area (Å²) in [6.07, 6.45) is 0. The largest absolute Gasteiger partial charge is 0.480 e. The van der Waals surface area contributed by atoms with Gasteiger partial charge in [-0.1, -0.05) is 41.9 Å². The summed E-state index contributed by atoms with van der Waals surface area (Å²) in [5.74, 6) is -0.922. The van der Waals surface area contributed by atoms with Gasteiger partial charge in [-0.3, -0.25) is 4.68 Å². The van der Waals surface area contributed by atoms with E-state index in [1.54, 1.807) is 19.1 Å². The summed E-state index contributed by atoms with van der Waals surface area (Å²) in [5, 5.41) is 15.2. The van der Waals surface area contributed by atoms with Gasteiger partial charge in [-0.05, 0) is 25.1 Å². The van der Waals surface area contributed by atoms with E-state index >= 15 is 0 Å². The van der Waals surface area contributed by atoms with Crippen molar-refractivity contribution in [1.82, 2.24) is 9.78 Å². The van der Waals surface area contributed by atoms with Crippen LogP contribution in [0.1, 0.15) is 13.0 Å². The molecule has 3 aromatic rings. The van der Waals surface area contributed by atoms with Crippen molar-refractivity contribution in [3.05, 3.63) is 53.6 Å². The molecule has 3 rings (SSSR count). The summed E-state index contributed by atoms with van der Waals surface area (Å²) in [6, 6.07) is 14.3. The first kappa shape index (κ1) is 13.6. The SMILES string of the molecule is CC(C(=O)O)n1nc(-c2ccccc2)c2cc(Cl)ccc21. The predicted octanol–water partition coefficient (Wildman–Crippen LogP) is 4.00. The fourth-order valence-electron chi connectivity index (χ4n) is 2.32. The Morgan fingerprint density at radius 1 is 1.24 bits per heavy atom. The maximum absolute atomic E-state index is 11.3. The highest BCUT2D eigenvalue weighted by Gasteiger charge is 2.20. The number of aliphatic carboxylic acids is 1. The molecule has 1 atom stereocenters. The zero-order valence-corrected chi connectivity index (χ0v) is 12.1. The maximum atomic E-state index is 11.3. The first-order valence-electron chi connectivity index (χ1n) is 6.54. The van der Waals surface area contributed by atoms with Crippen molar-refractivity contribution in [2.75, 3.05) is 0 Å². The molecule has 0 saturated heterocycles. The van der Waals surface area contributed by atoms with Crippen LogP contribution in [-0.2, 0) is 4.79 Å². The first-order chi connectivity index (χ1) is 10.1. The highest BCUT2D eigenvalue weighted by Crippen LogP contribution is 2.31. The lowest BCUT2D eigenvalue weighted by atomic mass is 10.1. The number of hydrogen-bond donors (Lipinski definition) is 1. The molecule has 1 aromatic heterocycles. The molecular formula is C16H13ClN2O2. The molecule has 0 fully saturated rings. The van der Waals surface area contributed by atoms with Crippen molar-refractivity contribution < 1.29 is 9.90 Å². The van der Waals surface area contributed by atoms with Crippen LogP contribution in [0, 0.1) is 0 Å². The highest BCUT2D eigenvalue weighted by molar-refractivity contribution is 6.31. The van der Waals surface area contributed by atoms with Gasteiger partial charge in [0.1, 0.15) is 11.7 Å². The molecular weight excluding hydrogens is 288 g/mol. The topological polar surface area (TPSA) is 55.1 Å². The quantitative estimate of drug-likeness (QED) is 0.795. The summed E-state index contributed by atoms with van der Waals surface area (Å²) < 4.78 is 1.52. The molecule has 0 radical (unpaired) electrons. The van der Waals surface area contributed by atoms with Crippen LogP contribution >= 0.6 is 11.6 Å². The third-order valence-corrected chi connectivity index (χ3v) is 3.67. The number of carbonyl (C=O) groups is 1. The molecule has 4 nitrogen and oxygen atoms in total. The first-order valence-corrected chi connectivity index (χ1v) is 6.91. The number of aromatic nitrogens is 2. The second kappa shape index (κ2) is 5.22. The van der Waals surface area contributed by atoms with Gasteiger partial charge in [-0.15, -0.1) is 0 Å². The van der Waals surface area contributed by atoms with Crippen molar-refractivity contribution in [3.63, 3.8) is 0 Å². The van der Waals surface area contributed by atoms with E-state index in [1.807, 2.05) is 36.4 Å². The van der Waals surface area contributed by atoms with E-state index in [1.165, 1.54) is 4.68 Å². The number of hydrogen-bond acceptors (Lipinski definition) is 2. The highest BCUT2D eigenvalue weighted by atomic mass is 35.5. The lowest BCUT2D eigenvalue weighted by molar-refractivity contribution is -0.140. The Hall–Kier alpha value is -2.33. The molecule has 1 heterocycles. The molecule has 0 aliphatic heterocycles. The fraction of sp³-hybridized carbons (Fsp3) is 0.125. The predicted molar refractivity (Wildman–Crippen MR) is 82.5 cm³/mol. The van der Waals surface area contributed by atoms with Gasteiger partial charge in [-0.25, -0.2) is 4.79 Å². The Kier molecular flexibility index (Phi) is 3.39. The van der Waals surface area contributed by atoms with Crippen LogP contribution in [0.15, 0.2) is 48.5 Å². The van der Waals surface area contributed by atoms with Crippen LogP contribution < -0.4 is 0 Å². The van der Waals surface area contributed by atoms with Gasteiger partial charge < -0.3 is 5.11 Å². The van der Waals surface area contributed by atoms with Crippen molar-refractivity contribution >= 4 is 28.5 Å². The Bertz CT molecular complexity index is 812. The van der Waals surface area contributed by atoms with Crippen molar-refractivity contribution in [2.24, 2.45) is 0 Å². The molecule has 2 aromatic carbocycles. The van der Waals surface area contributed by atoms with E-state index in [0.717, 1.165) is 22.2 Å². The van der Waals surface area contributed by atoms with E-state index in [9.17, 15) is 9.90 Å². The van der Waals surface area contributed by atoms with Gasteiger partial charge in [0, 0.05) is 16.0 Å². The number of nitrogens with zero attached hydrogens (tertiary/aromatic N) is 2. The zero-order valence-electron chi connectivity index (χ0n) is 11.3. The average molecular weight is 301 g/mol. The summed E-state index contributed by atoms with van der Waals surface area (Å²) in [4.78, 5) is 11.3. The Balaban J connectivity index is 2.30. The van der Waals surface area contributed by atoms with Gasteiger partial charge in [0.2, 0.25) is 0 Å². The Labute approximate surface area is 126 Å². The minimum atomic E-state index is -0.922. The van der Waals surface area contributed by atoms with E-state index in [-0.39, 0.29) is 0 Å². The van der Waals surface area contributed by atoms with Gasteiger partial charge in [0.05, 0.1) is 5.52 Å². The number of halogens is 1. The summed E-state index contributed by atoms with van der Waals surface area (Å²) in [6.45, 7) is 1.61. The van der Waals surface area contributed by atoms with Crippen LogP contribution in [0.25, 0.3) is 22.2 Å². The second-order valence-corrected chi connectivity index (χ2v) is 5.27. The van der Waals surface area contributed by atoms with E-state index in [4.69, 9.17) is 11.6 Å². The zero-order chi connectivity index (χ0) is 15.0. The minimum absolute atomic E-state index is 0.599. The fourth-order valence-corrected chi connectivity index (χ4v) is 2.49. The van der Waals surface area contributed by atoms with Gasteiger partial charge in [0.15, 0.2) is 0 Å². The third-order valence-electron chi connectivity index (χ3n) is 3.44. The van der Waals surface area contributed by atoms with Crippen molar-refractivity contribution in [2.45, 2.75) is 13.0 Å². The molecule has 1 unspecified atom stereocenters. The number of carboxylic acid groups (broad SMARTS) is 1. The van der Waals surface area contributed by atoms with Gasteiger partial charge in [0.25, 0.3) is 0 Å². The Morgan fingerprint density at radius 3 is 2.62 bits per heavy atom. The standard InChI is InChI=1S/C16H13ClN2O2/c1-10(16(20)21)19-14-8-7-12(17)9-13(14)15(18-19)11-5-3-2-4-6-11/h2-10H,1H3,(H,20,21). The molecule has 0 spiro atoms. The smallest absolute Gasteiger partial charge is 0.328 e. The van der Waals surface area contributed by atoms with Crippen LogP contribution in [0.5, 0.6) is 0 Å². The van der Waals surface area contributed by atoms with Gasteiger partial charge in [-0.2, -0.15) is 5.10 Å². The lowest BCUT2D eigenvalue weighted by Crippen LogP contribution is -2.16. The van der Waals surface area contributed by atoms with E-state index in [2.05, 4.69) is 5.10 Å². The Morgan fingerprint density at radius 2 is 1.95 bits per heavy atom.